The van der Waals surface area contributed by atoms with Crippen molar-refractivity contribution >= 4 is 18.0 Å². The Bertz CT molecular complexity index is 751. The Labute approximate surface area is 113 Å². The van der Waals surface area contributed by atoms with Crippen molar-refractivity contribution < 1.29 is 9.47 Å². The molecule has 6 nitrogen and oxygen atoms in total. The molecule has 2 aromatic rings. The summed E-state index contributed by atoms with van der Waals surface area (Å²) in [5.74, 6) is 1.75. The summed E-state index contributed by atoms with van der Waals surface area (Å²) in [4.78, 5) is 13.8. The normalized spacial score (nSPS) is 12.6. The highest BCUT2D eigenvalue weighted by molar-refractivity contribution is 7.71. The summed E-state index contributed by atoms with van der Waals surface area (Å²) in [6.45, 7) is 0.692. The van der Waals surface area contributed by atoms with Crippen molar-refractivity contribution in [2.75, 3.05) is 12.5 Å². The number of anilines is 1. The van der Waals surface area contributed by atoms with Gasteiger partial charge in [-0.3, -0.25) is 9.78 Å². The maximum absolute atomic E-state index is 11.2. The lowest BCUT2D eigenvalue weighted by Crippen LogP contribution is -2.16. The van der Waals surface area contributed by atoms with Gasteiger partial charge in [-0.15, -0.1) is 0 Å². The second kappa shape index (κ2) is 4.43. The van der Waals surface area contributed by atoms with Crippen LogP contribution in [0.5, 0.6) is 11.5 Å². The molecular weight excluding hydrogens is 266 g/mol. The number of aromatic nitrogens is 2. The Morgan fingerprint density at radius 3 is 2.89 bits per heavy atom. The molecule has 7 heteroatoms. The average Bonchev–Trinajstić information content (AvgIpc) is 2.81. The monoisotopic (exact) mass is 277 g/mol. The fourth-order valence-corrected chi connectivity index (χ4v) is 2.19. The third kappa shape index (κ3) is 2.19. The number of nitrogen functional groups attached to an aromatic ring is 1. The maximum atomic E-state index is 11.2. The minimum Gasteiger partial charge on any atom is -0.454 e. The number of aromatic amines is 1. The summed E-state index contributed by atoms with van der Waals surface area (Å²) in [7, 11) is 0. The van der Waals surface area contributed by atoms with Gasteiger partial charge in [0, 0.05) is 6.07 Å². The van der Waals surface area contributed by atoms with E-state index in [-0.39, 0.29) is 12.4 Å². The van der Waals surface area contributed by atoms with Crippen LogP contribution in [0, 0.1) is 4.77 Å². The minimum atomic E-state index is -0.301. The number of benzene rings is 1. The second-order valence-electron chi connectivity index (χ2n) is 4.14. The van der Waals surface area contributed by atoms with Gasteiger partial charge in [-0.05, 0) is 29.9 Å². The molecule has 1 aliphatic rings. The lowest BCUT2D eigenvalue weighted by molar-refractivity contribution is 0.174. The number of nitrogens with one attached hydrogen (secondary N) is 1. The van der Waals surface area contributed by atoms with Crippen LogP contribution in [-0.4, -0.2) is 16.3 Å². The predicted molar refractivity (Wildman–Crippen MR) is 72.0 cm³/mol. The Balaban J connectivity index is 1.98. The van der Waals surface area contributed by atoms with Crippen molar-refractivity contribution in [3.05, 3.63) is 45.0 Å². The fraction of sp³-hybridized carbons (Fsp3) is 0.167. The molecule has 0 amide bonds. The van der Waals surface area contributed by atoms with Crippen LogP contribution in [0.1, 0.15) is 5.56 Å². The van der Waals surface area contributed by atoms with E-state index in [9.17, 15) is 4.79 Å². The Hall–Kier alpha value is -2.28. The smallest absolute Gasteiger partial charge is 0.253 e. The van der Waals surface area contributed by atoms with Crippen LogP contribution in [0.25, 0.3) is 0 Å². The first-order valence-corrected chi connectivity index (χ1v) is 6.02. The van der Waals surface area contributed by atoms with Crippen molar-refractivity contribution in [1.29, 1.82) is 0 Å². The van der Waals surface area contributed by atoms with E-state index in [2.05, 4.69) is 4.98 Å². The molecule has 0 aliphatic carbocycles. The highest BCUT2D eigenvalue weighted by atomic mass is 32.1. The summed E-state index contributed by atoms with van der Waals surface area (Å²) >= 11 is 5.10. The zero-order valence-corrected chi connectivity index (χ0v) is 10.7. The molecular formula is C12H11N3O3S. The molecule has 0 atom stereocenters. The van der Waals surface area contributed by atoms with Crippen LogP contribution in [0.3, 0.4) is 0 Å². The molecule has 19 heavy (non-hydrogen) atoms. The van der Waals surface area contributed by atoms with Gasteiger partial charge in [0.1, 0.15) is 5.82 Å². The summed E-state index contributed by atoms with van der Waals surface area (Å²) < 4.78 is 12.5. The average molecular weight is 277 g/mol. The van der Waals surface area contributed by atoms with Gasteiger partial charge >= 0.3 is 0 Å². The molecule has 0 spiro atoms. The van der Waals surface area contributed by atoms with E-state index < -0.39 is 0 Å². The Kier molecular flexibility index (Phi) is 2.75. The number of nitrogens with zero attached hydrogens (tertiary/aromatic N) is 1. The van der Waals surface area contributed by atoms with Crippen LogP contribution in [0.15, 0.2) is 29.1 Å². The lowest BCUT2D eigenvalue weighted by Gasteiger charge is -2.10. The number of H-pyrrole nitrogens is 1. The molecule has 3 rings (SSSR count). The quantitative estimate of drug-likeness (QED) is 0.808. The van der Waals surface area contributed by atoms with Gasteiger partial charge in [0.2, 0.25) is 6.79 Å². The van der Waals surface area contributed by atoms with Crippen LogP contribution < -0.4 is 20.8 Å². The molecule has 0 bridgehead atoms. The molecule has 2 heterocycles. The molecule has 0 unspecified atom stereocenters. The lowest BCUT2D eigenvalue weighted by atomic mass is 10.2. The zero-order valence-electron chi connectivity index (χ0n) is 9.88. The first-order valence-electron chi connectivity index (χ1n) is 5.61. The molecule has 0 saturated carbocycles. The van der Waals surface area contributed by atoms with Crippen molar-refractivity contribution in [1.82, 2.24) is 9.55 Å². The summed E-state index contributed by atoms with van der Waals surface area (Å²) in [6.07, 6.45) is 0. The van der Waals surface area contributed by atoms with Crippen molar-refractivity contribution in [3.8, 4) is 11.5 Å². The minimum absolute atomic E-state index is 0.235. The van der Waals surface area contributed by atoms with Gasteiger partial charge in [-0.1, -0.05) is 6.07 Å². The summed E-state index contributed by atoms with van der Waals surface area (Å²) in [6, 6.07) is 6.92. The fourth-order valence-electron chi connectivity index (χ4n) is 1.92. The van der Waals surface area contributed by atoms with E-state index in [0.29, 0.717) is 22.9 Å². The van der Waals surface area contributed by atoms with E-state index >= 15 is 0 Å². The number of nitrogens with two attached hydrogens (primary N) is 1. The van der Waals surface area contributed by atoms with Gasteiger partial charge in [-0.2, -0.15) is 0 Å². The Morgan fingerprint density at radius 1 is 1.32 bits per heavy atom. The number of hydrogen-bond acceptors (Lipinski definition) is 5. The molecule has 1 aromatic heterocycles. The van der Waals surface area contributed by atoms with Crippen molar-refractivity contribution in [2.24, 2.45) is 0 Å². The SMILES string of the molecule is Nc1cc(=O)[nH]c(=S)n1Cc1ccc2c(c1)OCO2. The standard InChI is InChI=1S/C12H11N3O3S/c13-10-4-11(16)14-12(19)15(10)5-7-1-2-8-9(3-7)18-6-17-8/h1-4H,5-6,13H2,(H,14,16,19). The molecule has 3 N–H and O–H groups in total. The zero-order chi connectivity index (χ0) is 13.4. The molecule has 0 saturated heterocycles. The van der Waals surface area contributed by atoms with Gasteiger partial charge in [0.25, 0.3) is 5.56 Å². The third-order valence-corrected chi connectivity index (χ3v) is 3.17. The molecule has 0 radical (unpaired) electrons. The number of hydrogen-bond donors (Lipinski definition) is 2. The van der Waals surface area contributed by atoms with Crippen molar-refractivity contribution in [3.63, 3.8) is 0 Å². The van der Waals surface area contributed by atoms with Crippen LogP contribution in [0.4, 0.5) is 5.82 Å². The van der Waals surface area contributed by atoms with Gasteiger partial charge in [0.05, 0.1) is 6.54 Å². The van der Waals surface area contributed by atoms with E-state index in [0.717, 1.165) is 11.3 Å². The number of rotatable bonds is 2. The summed E-state index contributed by atoms with van der Waals surface area (Å²) in [5, 5.41) is 0. The van der Waals surface area contributed by atoms with Crippen LogP contribution in [0.2, 0.25) is 0 Å². The van der Waals surface area contributed by atoms with Crippen molar-refractivity contribution in [2.45, 2.75) is 6.54 Å². The number of fused-ring (bicyclic) bond motifs is 1. The second-order valence-corrected chi connectivity index (χ2v) is 4.52. The highest BCUT2D eigenvalue weighted by Crippen LogP contribution is 2.32. The largest absolute Gasteiger partial charge is 0.454 e. The van der Waals surface area contributed by atoms with Crippen LogP contribution >= 0.6 is 12.2 Å². The third-order valence-electron chi connectivity index (χ3n) is 2.84. The first kappa shape index (κ1) is 11.8. The molecule has 0 fully saturated rings. The number of ether oxygens (including phenoxy) is 2. The van der Waals surface area contributed by atoms with E-state index in [1.807, 2.05) is 18.2 Å². The van der Waals surface area contributed by atoms with E-state index in [1.54, 1.807) is 4.57 Å². The molecule has 98 valence electrons. The van der Waals surface area contributed by atoms with E-state index in [1.165, 1.54) is 6.07 Å². The molecule has 1 aromatic carbocycles. The van der Waals surface area contributed by atoms with Gasteiger partial charge in [-0.25, -0.2) is 0 Å². The topological polar surface area (TPSA) is 82.3 Å². The van der Waals surface area contributed by atoms with Gasteiger partial charge < -0.3 is 19.8 Å². The van der Waals surface area contributed by atoms with E-state index in [4.69, 9.17) is 27.4 Å². The Morgan fingerprint density at radius 2 is 2.11 bits per heavy atom. The first-order chi connectivity index (χ1) is 9.13. The highest BCUT2D eigenvalue weighted by Gasteiger charge is 2.13. The summed E-state index contributed by atoms with van der Waals surface area (Å²) in [5.41, 5.74) is 6.46. The maximum Gasteiger partial charge on any atom is 0.253 e. The van der Waals surface area contributed by atoms with Crippen LogP contribution in [-0.2, 0) is 6.54 Å². The van der Waals surface area contributed by atoms with Gasteiger partial charge in [0.15, 0.2) is 16.3 Å². The predicted octanol–water partition coefficient (Wildman–Crippen LogP) is 1.27. The molecule has 1 aliphatic heterocycles.